The number of nitrogens with zero attached hydrogens (tertiary/aromatic N) is 3. The third-order valence-electron chi connectivity index (χ3n) is 4.76. The van der Waals surface area contributed by atoms with Crippen LogP contribution >= 0.6 is 35.7 Å². The first-order valence-electron chi connectivity index (χ1n) is 8.63. The first-order valence-corrected chi connectivity index (χ1v) is 9.92. The third-order valence-corrected chi connectivity index (χ3v) is 5.85. The number of fused-ring (bicyclic) bond motifs is 1. The molecule has 1 aromatic heterocycles. The number of nitrogens with one attached hydrogen (secondary N) is 2. The molecule has 25 heavy (non-hydrogen) atoms. The molecule has 2 atom stereocenters. The van der Waals surface area contributed by atoms with Crippen LogP contribution in [0.3, 0.4) is 0 Å². The fourth-order valence-electron chi connectivity index (χ4n) is 3.44. The Morgan fingerprint density at radius 3 is 2.88 bits per heavy atom. The van der Waals surface area contributed by atoms with Gasteiger partial charge in [0.15, 0.2) is 5.96 Å². The number of rotatable bonds is 5. The third kappa shape index (κ3) is 5.03. The number of aliphatic imine (C=N–C) groups is 1. The van der Waals surface area contributed by atoms with Crippen LogP contribution in [0.15, 0.2) is 29.3 Å². The second kappa shape index (κ2) is 9.66. The number of thioether (sulfide) groups is 1. The summed E-state index contributed by atoms with van der Waals surface area (Å²) in [6, 6.07) is 8.84. The highest BCUT2D eigenvalue weighted by Gasteiger charge is 2.24. The van der Waals surface area contributed by atoms with E-state index in [2.05, 4.69) is 56.6 Å². The highest BCUT2D eigenvalue weighted by atomic mass is 127. The molecule has 0 spiro atoms. The van der Waals surface area contributed by atoms with Gasteiger partial charge in [-0.05, 0) is 44.6 Å². The Kier molecular flexibility index (Phi) is 7.86. The van der Waals surface area contributed by atoms with Crippen molar-refractivity contribution in [1.29, 1.82) is 0 Å². The molecule has 2 unspecified atom stereocenters. The standard InChI is InChI=1S/C18H27N5S.HI/c1-13-21-16-6-4-5-7-17(16)23(13)11-10-20-18(19-2)22-14-8-9-15(12-14)24-3;/h4-7,14-15H,8-12H2,1-3H3,(H2,19,20,22);1H. The van der Waals surface area contributed by atoms with E-state index >= 15 is 0 Å². The van der Waals surface area contributed by atoms with Crippen molar-refractivity contribution in [2.24, 2.45) is 4.99 Å². The van der Waals surface area contributed by atoms with Crippen LogP contribution in [0.1, 0.15) is 25.1 Å². The lowest BCUT2D eigenvalue weighted by Gasteiger charge is -2.17. The molecule has 0 bridgehead atoms. The number of aromatic nitrogens is 2. The van der Waals surface area contributed by atoms with E-state index in [4.69, 9.17) is 0 Å². The minimum atomic E-state index is 0. The Morgan fingerprint density at radius 1 is 1.36 bits per heavy atom. The van der Waals surface area contributed by atoms with Gasteiger partial charge in [-0.3, -0.25) is 4.99 Å². The maximum absolute atomic E-state index is 4.62. The summed E-state index contributed by atoms with van der Waals surface area (Å²) in [4.78, 5) is 8.99. The highest BCUT2D eigenvalue weighted by molar-refractivity contribution is 14.0. The summed E-state index contributed by atoms with van der Waals surface area (Å²) >= 11 is 1.98. The van der Waals surface area contributed by atoms with Crippen molar-refractivity contribution in [2.75, 3.05) is 19.8 Å². The van der Waals surface area contributed by atoms with E-state index < -0.39 is 0 Å². The molecule has 2 N–H and O–H groups in total. The van der Waals surface area contributed by atoms with Gasteiger partial charge in [-0.25, -0.2) is 4.98 Å². The van der Waals surface area contributed by atoms with Crippen molar-refractivity contribution in [3.8, 4) is 0 Å². The van der Waals surface area contributed by atoms with E-state index in [9.17, 15) is 0 Å². The smallest absolute Gasteiger partial charge is 0.191 e. The molecule has 0 amide bonds. The summed E-state index contributed by atoms with van der Waals surface area (Å²) in [5, 5.41) is 7.80. The van der Waals surface area contributed by atoms with E-state index in [0.717, 1.165) is 35.6 Å². The van der Waals surface area contributed by atoms with Crippen molar-refractivity contribution in [3.05, 3.63) is 30.1 Å². The Bertz CT molecular complexity index is 715. The van der Waals surface area contributed by atoms with Crippen LogP contribution in [0.4, 0.5) is 0 Å². The Balaban J connectivity index is 0.00000225. The number of halogens is 1. The molecule has 1 aliphatic rings. The highest BCUT2D eigenvalue weighted by Crippen LogP contribution is 2.28. The molecule has 1 saturated carbocycles. The molecule has 0 saturated heterocycles. The zero-order chi connectivity index (χ0) is 16.9. The second-order valence-electron chi connectivity index (χ2n) is 6.31. The average molecular weight is 473 g/mol. The van der Waals surface area contributed by atoms with Crippen molar-refractivity contribution < 1.29 is 0 Å². The van der Waals surface area contributed by atoms with Crippen molar-refractivity contribution in [1.82, 2.24) is 20.2 Å². The summed E-state index contributed by atoms with van der Waals surface area (Å²) in [5.74, 6) is 1.96. The Morgan fingerprint density at radius 2 is 2.16 bits per heavy atom. The fraction of sp³-hybridized carbons (Fsp3) is 0.556. The molecule has 2 aromatic rings. The maximum Gasteiger partial charge on any atom is 0.191 e. The topological polar surface area (TPSA) is 54.2 Å². The summed E-state index contributed by atoms with van der Waals surface area (Å²) in [6.07, 6.45) is 5.97. The average Bonchev–Trinajstić information content (AvgIpc) is 3.18. The number of benzene rings is 1. The quantitative estimate of drug-likeness (QED) is 0.397. The van der Waals surface area contributed by atoms with Gasteiger partial charge >= 0.3 is 0 Å². The minimum absolute atomic E-state index is 0. The van der Waals surface area contributed by atoms with Gasteiger partial charge in [-0.1, -0.05) is 12.1 Å². The number of guanidine groups is 1. The summed E-state index contributed by atoms with van der Waals surface area (Å²) in [6.45, 7) is 3.78. The fourth-order valence-corrected chi connectivity index (χ4v) is 4.23. The number of imidazole rings is 1. The normalized spacial score (nSPS) is 20.5. The Hall–Kier alpha value is -0.960. The predicted molar refractivity (Wildman–Crippen MR) is 119 cm³/mol. The van der Waals surface area contributed by atoms with Gasteiger partial charge in [0, 0.05) is 31.4 Å². The van der Waals surface area contributed by atoms with Crippen LogP contribution in [-0.2, 0) is 6.54 Å². The molecule has 1 aromatic carbocycles. The van der Waals surface area contributed by atoms with Crippen molar-refractivity contribution in [2.45, 2.75) is 44.0 Å². The number of aryl methyl sites for hydroxylation is 1. The number of hydrogen-bond acceptors (Lipinski definition) is 3. The van der Waals surface area contributed by atoms with E-state index in [0.29, 0.717) is 6.04 Å². The molecule has 5 nitrogen and oxygen atoms in total. The van der Waals surface area contributed by atoms with Gasteiger partial charge in [-0.2, -0.15) is 11.8 Å². The van der Waals surface area contributed by atoms with Crippen LogP contribution in [0.5, 0.6) is 0 Å². The lowest BCUT2D eigenvalue weighted by molar-refractivity contribution is 0.602. The largest absolute Gasteiger partial charge is 0.355 e. The number of para-hydroxylation sites is 2. The predicted octanol–water partition coefficient (Wildman–Crippen LogP) is 3.41. The molecule has 0 aliphatic heterocycles. The van der Waals surface area contributed by atoms with Gasteiger partial charge in [0.2, 0.25) is 0 Å². The SMILES string of the molecule is CN=C(NCCn1c(C)nc2ccccc21)NC1CCC(SC)C1.I. The van der Waals surface area contributed by atoms with E-state index in [-0.39, 0.29) is 24.0 Å². The lowest BCUT2D eigenvalue weighted by atomic mass is 10.2. The van der Waals surface area contributed by atoms with Gasteiger partial charge < -0.3 is 15.2 Å². The molecule has 138 valence electrons. The molecular formula is C18H28IN5S. The van der Waals surface area contributed by atoms with E-state index in [1.54, 1.807) is 0 Å². The minimum Gasteiger partial charge on any atom is -0.355 e. The summed E-state index contributed by atoms with van der Waals surface area (Å²) in [5.41, 5.74) is 2.25. The van der Waals surface area contributed by atoms with Crippen LogP contribution < -0.4 is 10.6 Å². The molecular weight excluding hydrogens is 445 g/mol. The first-order chi connectivity index (χ1) is 11.7. The first kappa shape index (κ1) is 20.4. The maximum atomic E-state index is 4.62. The van der Waals surface area contributed by atoms with Gasteiger partial charge in [0.25, 0.3) is 0 Å². The van der Waals surface area contributed by atoms with Crippen LogP contribution in [0.2, 0.25) is 0 Å². The molecule has 1 aliphatic carbocycles. The van der Waals surface area contributed by atoms with Gasteiger partial charge in [-0.15, -0.1) is 24.0 Å². The Labute approximate surface area is 171 Å². The summed E-state index contributed by atoms with van der Waals surface area (Å²) in [7, 11) is 1.84. The van der Waals surface area contributed by atoms with Crippen LogP contribution in [0, 0.1) is 6.92 Å². The zero-order valence-corrected chi connectivity index (χ0v) is 18.3. The van der Waals surface area contributed by atoms with Gasteiger partial charge in [0.05, 0.1) is 11.0 Å². The van der Waals surface area contributed by atoms with Crippen molar-refractivity contribution >= 4 is 52.7 Å². The van der Waals surface area contributed by atoms with Crippen molar-refractivity contribution in [3.63, 3.8) is 0 Å². The lowest BCUT2D eigenvalue weighted by Crippen LogP contribution is -2.43. The van der Waals surface area contributed by atoms with E-state index in [1.807, 2.05) is 24.9 Å². The molecule has 1 heterocycles. The zero-order valence-electron chi connectivity index (χ0n) is 15.2. The molecule has 1 fully saturated rings. The van der Waals surface area contributed by atoms with E-state index in [1.165, 1.54) is 24.8 Å². The number of hydrogen-bond donors (Lipinski definition) is 2. The molecule has 7 heteroatoms. The monoisotopic (exact) mass is 473 g/mol. The van der Waals surface area contributed by atoms with Crippen LogP contribution in [-0.4, -0.2) is 46.7 Å². The van der Waals surface area contributed by atoms with Gasteiger partial charge in [0.1, 0.15) is 5.82 Å². The summed E-state index contributed by atoms with van der Waals surface area (Å²) < 4.78 is 2.26. The molecule has 3 rings (SSSR count). The molecule has 0 radical (unpaired) electrons. The second-order valence-corrected chi connectivity index (χ2v) is 7.45. The van der Waals surface area contributed by atoms with Crippen LogP contribution in [0.25, 0.3) is 11.0 Å².